The Balaban J connectivity index is 2.16. The van der Waals surface area contributed by atoms with E-state index in [-0.39, 0.29) is 5.96 Å². The van der Waals surface area contributed by atoms with E-state index in [1.165, 1.54) is 0 Å². The van der Waals surface area contributed by atoms with E-state index in [4.69, 9.17) is 11.5 Å². The van der Waals surface area contributed by atoms with Gasteiger partial charge in [-0.1, -0.05) is 5.16 Å². The summed E-state index contributed by atoms with van der Waals surface area (Å²) in [5, 5.41) is 3.75. The quantitative estimate of drug-likeness (QED) is 0.372. The van der Waals surface area contributed by atoms with Crippen LogP contribution in [-0.2, 0) is 6.42 Å². The van der Waals surface area contributed by atoms with E-state index in [0.717, 1.165) is 18.5 Å². The molecular formula is C7H12N4O. The van der Waals surface area contributed by atoms with Crippen molar-refractivity contribution in [2.75, 3.05) is 6.54 Å². The fraction of sp³-hybridized carbons (Fsp3) is 0.429. The molecule has 0 aliphatic heterocycles. The molecule has 0 unspecified atom stereocenters. The maximum absolute atomic E-state index is 5.15. The minimum atomic E-state index is 0.134. The first kappa shape index (κ1) is 8.58. The van der Waals surface area contributed by atoms with Crippen LogP contribution in [0.1, 0.15) is 12.1 Å². The van der Waals surface area contributed by atoms with Gasteiger partial charge in [0.05, 0.1) is 5.69 Å². The van der Waals surface area contributed by atoms with Crippen molar-refractivity contribution in [3.8, 4) is 0 Å². The summed E-state index contributed by atoms with van der Waals surface area (Å²) in [6, 6.07) is 1.83. The lowest BCUT2D eigenvalue weighted by Crippen LogP contribution is -2.23. The lowest BCUT2D eigenvalue weighted by atomic mass is 10.2. The van der Waals surface area contributed by atoms with E-state index < -0.39 is 0 Å². The summed E-state index contributed by atoms with van der Waals surface area (Å²) < 4.78 is 4.66. The zero-order valence-corrected chi connectivity index (χ0v) is 6.73. The number of rotatable bonds is 4. The maximum atomic E-state index is 5.15. The van der Waals surface area contributed by atoms with Gasteiger partial charge in [0.25, 0.3) is 0 Å². The SMILES string of the molecule is NC(N)=NCCCc1ccon1. The number of aromatic nitrogens is 1. The van der Waals surface area contributed by atoms with Crippen LogP contribution in [-0.4, -0.2) is 17.7 Å². The minimum absolute atomic E-state index is 0.134. The highest BCUT2D eigenvalue weighted by molar-refractivity contribution is 5.75. The Bertz CT molecular complexity index is 238. The van der Waals surface area contributed by atoms with Gasteiger partial charge in [-0.3, -0.25) is 4.99 Å². The molecule has 0 saturated heterocycles. The van der Waals surface area contributed by atoms with Gasteiger partial charge >= 0.3 is 0 Å². The first-order valence-corrected chi connectivity index (χ1v) is 3.73. The second-order valence-electron chi connectivity index (χ2n) is 2.40. The van der Waals surface area contributed by atoms with Crippen molar-refractivity contribution < 1.29 is 4.52 Å². The van der Waals surface area contributed by atoms with Gasteiger partial charge in [-0.25, -0.2) is 0 Å². The standard InChI is InChI=1S/C7H12N4O/c8-7(9)10-4-1-2-6-3-5-12-11-6/h3,5H,1-2,4H2,(H4,8,9,10). The molecule has 5 heteroatoms. The van der Waals surface area contributed by atoms with Gasteiger partial charge in [0.15, 0.2) is 5.96 Å². The smallest absolute Gasteiger partial charge is 0.185 e. The fourth-order valence-corrected chi connectivity index (χ4v) is 0.835. The zero-order valence-electron chi connectivity index (χ0n) is 6.73. The molecule has 66 valence electrons. The molecule has 1 heterocycles. The number of hydrogen-bond donors (Lipinski definition) is 2. The average Bonchev–Trinajstić information content (AvgIpc) is 2.49. The van der Waals surface area contributed by atoms with Crippen LogP contribution in [0.15, 0.2) is 21.8 Å². The van der Waals surface area contributed by atoms with Crippen LogP contribution in [0.2, 0.25) is 0 Å². The maximum Gasteiger partial charge on any atom is 0.185 e. The molecule has 0 radical (unpaired) electrons. The van der Waals surface area contributed by atoms with Gasteiger partial charge in [0.1, 0.15) is 6.26 Å². The van der Waals surface area contributed by atoms with Crippen LogP contribution >= 0.6 is 0 Å². The molecule has 1 aromatic rings. The third kappa shape index (κ3) is 3.05. The van der Waals surface area contributed by atoms with Gasteiger partial charge in [0.2, 0.25) is 0 Å². The molecular weight excluding hydrogens is 156 g/mol. The molecule has 0 spiro atoms. The second-order valence-corrected chi connectivity index (χ2v) is 2.40. The molecule has 0 saturated carbocycles. The first-order chi connectivity index (χ1) is 5.79. The van der Waals surface area contributed by atoms with Crippen molar-refractivity contribution in [3.63, 3.8) is 0 Å². The third-order valence-corrected chi connectivity index (χ3v) is 1.38. The average molecular weight is 168 g/mol. The summed E-state index contributed by atoms with van der Waals surface area (Å²) in [5.74, 6) is 0.134. The zero-order chi connectivity index (χ0) is 8.81. The van der Waals surface area contributed by atoms with Crippen molar-refractivity contribution in [1.29, 1.82) is 0 Å². The molecule has 12 heavy (non-hydrogen) atoms. The number of guanidine groups is 1. The molecule has 0 fully saturated rings. The van der Waals surface area contributed by atoms with Crippen molar-refractivity contribution in [3.05, 3.63) is 18.0 Å². The fourth-order valence-electron chi connectivity index (χ4n) is 0.835. The van der Waals surface area contributed by atoms with Crippen molar-refractivity contribution >= 4 is 5.96 Å². The monoisotopic (exact) mass is 168 g/mol. The Hall–Kier alpha value is -1.52. The number of nitrogens with zero attached hydrogens (tertiary/aromatic N) is 2. The minimum Gasteiger partial charge on any atom is -0.370 e. The van der Waals surface area contributed by atoms with Gasteiger partial charge in [-0.2, -0.15) is 0 Å². The van der Waals surface area contributed by atoms with Crippen molar-refractivity contribution in [2.45, 2.75) is 12.8 Å². The Morgan fingerprint density at radius 3 is 3.00 bits per heavy atom. The number of aliphatic imine (C=N–C) groups is 1. The molecule has 1 aromatic heterocycles. The highest BCUT2D eigenvalue weighted by Crippen LogP contribution is 1.98. The van der Waals surface area contributed by atoms with Crippen LogP contribution in [0, 0.1) is 0 Å². The van der Waals surface area contributed by atoms with E-state index in [0.29, 0.717) is 6.54 Å². The second kappa shape index (κ2) is 4.38. The van der Waals surface area contributed by atoms with Crippen molar-refractivity contribution in [2.24, 2.45) is 16.5 Å². The Morgan fingerprint density at radius 1 is 1.58 bits per heavy atom. The predicted octanol–water partition coefficient (Wildman–Crippen LogP) is -0.119. The molecule has 0 aliphatic carbocycles. The summed E-state index contributed by atoms with van der Waals surface area (Å²) in [6.07, 6.45) is 3.27. The van der Waals surface area contributed by atoms with E-state index in [1.54, 1.807) is 6.26 Å². The van der Waals surface area contributed by atoms with Crippen LogP contribution in [0.3, 0.4) is 0 Å². The van der Waals surface area contributed by atoms with Crippen LogP contribution in [0.25, 0.3) is 0 Å². The molecule has 1 rings (SSSR count). The van der Waals surface area contributed by atoms with Crippen molar-refractivity contribution in [1.82, 2.24) is 5.16 Å². The van der Waals surface area contributed by atoms with Crippen LogP contribution in [0.4, 0.5) is 0 Å². The third-order valence-electron chi connectivity index (χ3n) is 1.38. The summed E-state index contributed by atoms with van der Waals surface area (Å²) >= 11 is 0. The topological polar surface area (TPSA) is 90.4 Å². The Morgan fingerprint density at radius 2 is 2.42 bits per heavy atom. The van der Waals surface area contributed by atoms with Gasteiger partial charge in [-0.15, -0.1) is 0 Å². The Labute approximate surface area is 70.4 Å². The largest absolute Gasteiger partial charge is 0.370 e. The summed E-state index contributed by atoms with van der Waals surface area (Å²) in [7, 11) is 0. The molecule has 0 aliphatic rings. The Kier molecular flexibility index (Phi) is 3.13. The first-order valence-electron chi connectivity index (χ1n) is 3.73. The van der Waals surface area contributed by atoms with Gasteiger partial charge < -0.3 is 16.0 Å². The van der Waals surface area contributed by atoms with Gasteiger partial charge in [0, 0.05) is 12.6 Å². The lowest BCUT2D eigenvalue weighted by molar-refractivity contribution is 0.411. The summed E-state index contributed by atoms with van der Waals surface area (Å²) in [4.78, 5) is 3.84. The van der Waals surface area contributed by atoms with Crippen LogP contribution < -0.4 is 11.5 Å². The number of nitrogens with two attached hydrogens (primary N) is 2. The highest BCUT2D eigenvalue weighted by Gasteiger charge is 1.94. The van der Waals surface area contributed by atoms with E-state index in [9.17, 15) is 0 Å². The number of hydrogen-bond acceptors (Lipinski definition) is 3. The van der Waals surface area contributed by atoms with E-state index in [2.05, 4.69) is 14.7 Å². The molecule has 0 bridgehead atoms. The van der Waals surface area contributed by atoms with E-state index >= 15 is 0 Å². The normalized spacial score (nSPS) is 9.67. The van der Waals surface area contributed by atoms with E-state index in [1.807, 2.05) is 6.07 Å². The molecule has 0 atom stereocenters. The van der Waals surface area contributed by atoms with Gasteiger partial charge in [-0.05, 0) is 12.8 Å². The summed E-state index contributed by atoms with van der Waals surface area (Å²) in [6.45, 7) is 0.634. The molecule has 0 amide bonds. The molecule has 5 nitrogen and oxygen atoms in total. The molecule has 0 aromatic carbocycles. The number of aryl methyl sites for hydroxylation is 1. The predicted molar refractivity (Wildman–Crippen MR) is 45.5 cm³/mol. The highest BCUT2D eigenvalue weighted by atomic mass is 16.5. The molecule has 4 N–H and O–H groups in total. The lowest BCUT2D eigenvalue weighted by Gasteiger charge is -1.93. The summed E-state index contributed by atoms with van der Waals surface area (Å²) in [5.41, 5.74) is 11.2. The van der Waals surface area contributed by atoms with Crippen LogP contribution in [0.5, 0.6) is 0 Å².